The summed E-state index contributed by atoms with van der Waals surface area (Å²) < 4.78 is 5.35. The van der Waals surface area contributed by atoms with E-state index >= 15 is 0 Å². The van der Waals surface area contributed by atoms with Gasteiger partial charge in [0.05, 0.1) is 0 Å². The van der Waals surface area contributed by atoms with Gasteiger partial charge in [-0.2, -0.15) is 0 Å². The monoisotopic (exact) mass is 258 g/mol. The molecule has 0 aromatic rings. The van der Waals surface area contributed by atoms with Gasteiger partial charge < -0.3 is 4.74 Å². The van der Waals surface area contributed by atoms with Crippen molar-refractivity contribution >= 4 is 17.6 Å². The first kappa shape index (κ1) is 16.3. The molecule has 0 aliphatic heterocycles. The predicted molar refractivity (Wildman–Crippen MR) is 72.0 cm³/mol. The molecule has 0 fully saturated rings. The third-order valence-corrected chi connectivity index (χ3v) is 2.43. The molecule has 0 saturated carbocycles. The summed E-state index contributed by atoms with van der Waals surface area (Å²) in [6.07, 6.45) is 3.42. The van der Waals surface area contributed by atoms with Gasteiger partial charge in [0.2, 0.25) is 0 Å². The van der Waals surface area contributed by atoms with Crippen LogP contribution in [-0.4, -0.2) is 18.0 Å². The summed E-state index contributed by atoms with van der Waals surface area (Å²) in [5.74, 6) is 6.89. The Balaban J connectivity index is 4.08. The zero-order valence-electron chi connectivity index (χ0n) is 11.1. The highest BCUT2D eigenvalue weighted by Crippen LogP contribution is 2.10. The molecule has 0 N–H and O–H groups in total. The number of hydrogen-bond acceptors (Lipinski definition) is 2. The van der Waals surface area contributed by atoms with Crippen molar-refractivity contribution in [2.45, 2.75) is 59.0 Å². The lowest BCUT2D eigenvalue weighted by Crippen LogP contribution is -2.18. The molecule has 0 aromatic heterocycles. The van der Waals surface area contributed by atoms with Crippen LogP contribution in [0.4, 0.5) is 0 Å². The second kappa shape index (κ2) is 10.5. The maximum Gasteiger partial charge on any atom is 0.307 e. The summed E-state index contributed by atoms with van der Waals surface area (Å²) in [5.41, 5.74) is 0. The normalized spacial score (nSPS) is 11.8. The van der Waals surface area contributed by atoms with Gasteiger partial charge in [-0.1, -0.05) is 32.6 Å². The summed E-state index contributed by atoms with van der Waals surface area (Å²) >= 11 is 5.55. The van der Waals surface area contributed by atoms with Crippen molar-refractivity contribution < 1.29 is 9.53 Å². The minimum Gasteiger partial charge on any atom is -0.449 e. The highest BCUT2D eigenvalue weighted by atomic mass is 35.5. The molecule has 0 bridgehead atoms. The molecule has 1 unspecified atom stereocenters. The van der Waals surface area contributed by atoms with Crippen molar-refractivity contribution in [3.8, 4) is 11.8 Å². The van der Waals surface area contributed by atoms with Crippen LogP contribution in [-0.2, 0) is 9.53 Å². The fourth-order valence-electron chi connectivity index (χ4n) is 1.36. The van der Waals surface area contributed by atoms with Crippen molar-refractivity contribution in [2.75, 3.05) is 5.88 Å². The Labute approximate surface area is 110 Å². The molecule has 0 heterocycles. The van der Waals surface area contributed by atoms with Crippen molar-refractivity contribution in [3.05, 3.63) is 0 Å². The van der Waals surface area contributed by atoms with Crippen LogP contribution in [0.25, 0.3) is 0 Å². The molecule has 0 rings (SSSR count). The van der Waals surface area contributed by atoms with E-state index in [1.165, 1.54) is 0 Å². The number of unbranched alkanes of at least 4 members (excludes halogenated alkanes) is 1. The molecule has 0 radical (unpaired) electrons. The molecule has 17 heavy (non-hydrogen) atoms. The van der Waals surface area contributed by atoms with E-state index in [2.05, 4.69) is 25.7 Å². The molecule has 0 saturated heterocycles. The summed E-state index contributed by atoms with van der Waals surface area (Å²) in [6, 6.07) is 0. The van der Waals surface area contributed by atoms with Crippen LogP contribution in [0.1, 0.15) is 52.9 Å². The van der Waals surface area contributed by atoms with E-state index in [4.69, 9.17) is 16.3 Å². The Morgan fingerprint density at radius 2 is 2.06 bits per heavy atom. The van der Waals surface area contributed by atoms with Gasteiger partial charge in [-0.05, 0) is 25.2 Å². The maximum absolute atomic E-state index is 11.5. The predicted octanol–water partition coefficient (Wildman–Crippen LogP) is 3.77. The molecular weight excluding hydrogens is 236 g/mol. The second-order valence-electron chi connectivity index (χ2n) is 4.43. The van der Waals surface area contributed by atoms with E-state index in [1.54, 1.807) is 0 Å². The highest BCUT2D eigenvalue weighted by molar-refractivity contribution is 6.17. The number of alkyl halides is 1. The molecule has 1 atom stereocenters. The molecule has 0 aliphatic rings. The number of rotatable bonds is 7. The Kier molecular flexibility index (Phi) is 10.1. The second-order valence-corrected chi connectivity index (χ2v) is 4.81. The number of halogens is 1. The Morgan fingerprint density at radius 3 is 2.59 bits per heavy atom. The zero-order valence-corrected chi connectivity index (χ0v) is 11.8. The van der Waals surface area contributed by atoms with Crippen LogP contribution in [0.5, 0.6) is 0 Å². The molecule has 98 valence electrons. The fourth-order valence-corrected chi connectivity index (χ4v) is 1.55. The van der Waals surface area contributed by atoms with E-state index in [0.717, 1.165) is 25.7 Å². The fraction of sp³-hybridized carbons (Fsp3) is 0.786. The number of carbonyl (C=O) groups excluding carboxylic acids is 1. The summed E-state index contributed by atoms with van der Waals surface area (Å²) in [5, 5.41) is 0. The first-order valence-corrected chi connectivity index (χ1v) is 6.87. The number of hydrogen-bond donors (Lipinski definition) is 0. The number of carbonyl (C=O) groups is 1. The summed E-state index contributed by atoms with van der Waals surface area (Å²) in [4.78, 5) is 11.5. The van der Waals surface area contributed by atoms with Crippen molar-refractivity contribution in [2.24, 2.45) is 5.92 Å². The quantitative estimate of drug-likeness (QED) is 0.301. The first-order valence-electron chi connectivity index (χ1n) is 6.34. The van der Waals surface area contributed by atoms with Gasteiger partial charge in [-0.25, -0.2) is 0 Å². The zero-order chi connectivity index (χ0) is 13.1. The smallest absolute Gasteiger partial charge is 0.307 e. The van der Waals surface area contributed by atoms with Crippen molar-refractivity contribution in [1.82, 2.24) is 0 Å². The van der Waals surface area contributed by atoms with Crippen LogP contribution in [0, 0.1) is 17.8 Å². The van der Waals surface area contributed by atoms with Crippen LogP contribution in [0.15, 0.2) is 0 Å². The van der Waals surface area contributed by atoms with E-state index in [1.807, 2.05) is 6.92 Å². The minimum atomic E-state index is -0.251. The van der Waals surface area contributed by atoms with Crippen LogP contribution in [0.3, 0.4) is 0 Å². The minimum absolute atomic E-state index is 0.161. The van der Waals surface area contributed by atoms with Gasteiger partial charge in [0.25, 0.3) is 0 Å². The number of ether oxygens (including phenoxy) is 1. The van der Waals surface area contributed by atoms with Gasteiger partial charge in [-0.3, -0.25) is 4.79 Å². The standard InChI is InChI=1S/C14H23ClO2/c1-4-5-8-13(11-12(2)3)17-14(16)9-6-7-10-15/h12-13H,4,6-7,9-11H2,1-3H3. The van der Waals surface area contributed by atoms with Gasteiger partial charge >= 0.3 is 5.97 Å². The maximum atomic E-state index is 11.5. The highest BCUT2D eigenvalue weighted by Gasteiger charge is 2.13. The Morgan fingerprint density at radius 1 is 1.35 bits per heavy atom. The summed E-state index contributed by atoms with van der Waals surface area (Å²) in [7, 11) is 0. The van der Waals surface area contributed by atoms with Gasteiger partial charge in [-0.15, -0.1) is 11.6 Å². The molecular formula is C14H23ClO2. The van der Waals surface area contributed by atoms with Crippen LogP contribution < -0.4 is 0 Å². The molecule has 0 aliphatic carbocycles. The van der Waals surface area contributed by atoms with Crippen molar-refractivity contribution in [3.63, 3.8) is 0 Å². The lowest BCUT2D eigenvalue weighted by Gasteiger charge is -2.14. The van der Waals surface area contributed by atoms with Crippen LogP contribution in [0.2, 0.25) is 0 Å². The molecule has 3 heteroatoms. The van der Waals surface area contributed by atoms with Gasteiger partial charge in [0, 0.05) is 18.7 Å². The van der Waals surface area contributed by atoms with Crippen molar-refractivity contribution in [1.29, 1.82) is 0 Å². The SMILES string of the molecule is CCC#CC(CC(C)C)OC(=O)CCCCCl. The first-order chi connectivity index (χ1) is 8.10. The summed E-state index contributed by atoms with van der Waals surface area (Å²) in [6.45, 7) is 6.19. The van der Waals surface area contributed by atoms with E-state index < -0.39 is 0 Å². The lowest BCUT2D eigenvalue weighted by molar-refractivity contribution is -0.147. The average Bonchev–Trinajstić information content (AvgIpc) is 2.25. The lowest BCUT2D eigenvalue weighted by atomic mass is 10.1. The molecule has 0 amide bonds. The third kappa shape index (κ3) is 10.2. The Hall–Kier alpha value is -0.680. The Bertz CT molecular complexity index is 263. The molecule has 0 aromatic carbocycles. The average molecular weight is 259 g/mol. The molecule has 0 spiro atoms. The van der Waals surface area contributed by atoms with E-state index in [-0.39, 0.29) is 12.1 Å². The van der Waals surface area contributed by atoms with Gasteiger partial charge in [0.1, 0.15) is 0 Å². The van der Waals surface area contributed by atoms with Crippen LogP contribution >= 0.6 is 11.6 Å². The van der Waals surface area contributed by atoms with E-state index in [9.17, 15) is 4.79 Å². The topological polar surface area (TPSA) is 26.3 Å². The van der Waals surface area contributed by atoms with E-state index in [0.29, 0.717) is 18.2 Å². The molecule has 2 nitrogen and oxygen atoms in total. The van der Waals surface area contributed by atoms with Gasteiger partial charge in [0.15, 0.2) is 6.10 Å². The third-order valence-electron chi connectivity index (χ3n) is 2.16. The number of esters is 1. The largest absolute Gasteiger partial charge is 0.449 e.